The van der Waals surface area contributed by atoms with Crippen molar-refractivity contribution in [3.8, 4) is 5.75 Å². The maximum atomic E-state index is 10.7. The molecule has 2 rings (SSSR count). The molecule has 0 radical (unpaired) electrons. The Bertz CT molecular complexity index is 543. The summed E-state index contributed by atoms with van der Waals surface area (Å²) in [5, 5.41) is 20.9. The topological polar surface area (TPSA) is 89.4 Å². The number of aromatic hydroxyl groups is 1. The molecule has 0 amide bonds. The molecule has 0 atom stereocenters. The van der Waals surface area contributed by atoms with Gasteiger partial charge in [0.1, 0.15) is 5.75 Å². The maximum Gasteiger partial charge on any atom is 0.277 e. The minimum absolute atomic E-state index is 0.0475. The number of benzene rings is 2. The Morgan fingerprint density at radius 3 is 2.67 bits per heavy atom. The van der Waals surface area contributed by atoms with Crippen LogP contribution in [-0.4, -0.2) is 10.0 Å². The number of nitro groups is 1. The lowest BCUT2D eigenvalue weighted by Crippen LogP contribution is -1.93. The van der Waals surface area contributed by atoms with Crippen molar-refractivity contribution >= 4 is 22.1 Å². The average molecular weight is 204 g/mol. The molecule has 5 nitrogen and oxygen atoms in total. The molecule has 15 heavy (non-hydrogen) atoms. The molecule has 2 aromatic rings. The lowest BCUT2D eigenvalue weighted by atomic mass is 10.1. The number of fused-ring (bicyclic) bond motifs is 1. The second-order valence-electron chi connectivity index (χ2n) is 3.13. The smallest absolute Gasteiger partial charge is 0.277 e. The zero-order valence-electron chi connectivity index (χ0n) is 7.68. The predicted octanol–water partition coefficient (Wildman–Crippen LogP) is 2.04. The number of nitrogens with two attached hydrogens (primary N) is 1. The van der Waals surface area contributed by atoms with Crippen LogP contribution in [0.1, 0.15) is 0 Å². The molecular formula is C10H8N2O3. The normalized spacial score (nSPS) is 10.4. The molecule has 0 aliphatic heterocycles. The number of hydrogen-bond donors (Lipinski definition) is 2. The summed E-state index contributed by atoms with van der Waals surface area (Å²) < 4.78 is 0. The average Bonchev–Trinajstić information content (AvgIpc) is 2.17. The fourth-order valence-corrected chi connectivity index (χ4v) is 1.56. The van der Waals surface area contributed by atoms with Gasteiger partial charge in [0.2, 0.25) is 0 Å². The van der Waals surface area contributed by atoms with Gasteiger partial charge in [-0.15, -0.1) is 0 Å². The Morgan fingerprint density at radius 2 is 2.00 bits per heavy atom. The Morgan fingerprint density at radius 1 is 1.27 bits per heavy atom. The number of nitro benzene ring substituents is 1. The van der Waals surface area contributed by atoms with E-state index in [1.165, 1.54) is 18.2 Å². The van der Waals surface area contributed by atoms with Crippen molar-refractivity contribution in [2.75, 3.05) is 5.73 Å². The van der Waals surface area contributed by atoms with E-state index in [1.54, 1.807) is 12.1 Å². The monoisotopic (exact) mass is 204 g/mol. The molecule has 3 N–H and O–H groups in total. The standard InChI is InChI=1S/C10H8N2O3/c11-7-4-5-8(12(14)15)6-2-1-3-9(13)10(6)7/h1-5,13H,11H2. The van der Waals surface area contributed by atoms with Crippen LogP contribution in [0.3, 0.4) is 0 Å². The molecule has 0 aromatic heterocycles. The second-order valence-corrected chi connectivity index (χ2v) is 3.13. The SMILES string of the molecule is Nc1ccc([N+](=O)[O-])c2cccc(O)c12. The Hall–Kier alpha value is -2.30. The molecule has 5 heteroatoms. The van der Waals surface area contributed by atoms with Crippen molar-refractivity contribution in [3.05, 3.63) is 40.4 Å². The van der Waals surface area contributed by atoms with E-state index in [1.807, 2.05) is 0 Å². The van der Waals surface area contributed by atoms with Gasteiger partial charge in [-0.2, -0.15) is 0 Å². The molecule has 76 valence electrons. The van der Waals surface area contributed by atoms with E-state index in [0.29, 0.717) is 16.5 Å². The van der Waals surface area contributed by atoms with Gasteiger partial charge in [-0.25, -0.2) is 0 Å². The van der Waals surface area contributed by atoms with Crippen LogP contribution in [0.4, 0.5) is 11.4 Å². The number of non-ortho nitro benzene ring substituents is 1. The van der Waals surface area contributed by atoms with Crippen LogP contribution in [-0.2, 0) is 0 Å². The van der Waals surface area contributed by atoms with E-state index >= 15 is 0 Å². The van der Waals surface area contributed by atoms with Gasteiger partial charge >= 0.3 is 0 Å². The van der Waals surface area contributed by atoms with Gasteiger partial charge < -0.3 is 10.8 Å². The van der Waals surface area contributed by atoms with Gasteiger partial charge in [0.15, 0.2) is 0 Å². The lowest BCUT2D eigenvalue weighted by molar-refractivity contribution is -0.383. The van der Waals surface area contributed by atoms with Crippen LogP contribution in [0, 0.1) is 10.1 Å². The number of phenolic OH excluding ortho intramolecular Hbond substituents is 1. The third kappa shape index (κ3) is 1.34. The fourth-order valence-electron chi connectivity index (χ4n) is 1.56. The van der Waals surface area contributed by atoms with Gasteiger partial charge in [-0.1, -0.05) is 6.07 Å². The summed E-state index contributed by atoms with van der Waals surface area (Å²) >= 11 is 0. The summed E-state index contributed by atoms with van der Waals surface area (Å²) in [7, 11) is 0. The van der Waals surface area contributed by atoms with Crippen molar-refractivity contribution < 1.29 is 10.0 Å². The molecule has 0 saturated carbocycles. The van der Waals surface area contributed by atoms with Crippen molar-refractivity contribution in [1.82, 2.24) is 0 Å². The van der Waals surface area contributed by atoms with Crippen LogP contribution in [0.15, 0.2) is 30.3 Å². The van der Waals surface area contributed by atoms with Gasteiger partial charge in [0, 0.05) is 11.8 Å². The molecular weight excluding hydrogens is 196 g/mol. The van der Waals surface area contributed by atoms with E-state index in [2.05, 4.69) is 0 Å². The molecule has 0 aliphatic rings. The van der Waals surface area contributed by atoms with E-state index in [-0.39, 0.29) is 11.4 Å². The highest BCUT2D eigenvalue weighted by Crippen LogP contribution is 2.35. The van der Waals surface area contributed by atoms with Gasteiger partial charge in [-0.05, 0) is 18.2 Å². The van der Waals surface area contributed by atoms with E-state index in [0.717, 1.165) is 0 Å². The summed E-state index contributed by atoms with van der Waals surface area (Å²) in [6.07, 6.45) is 0. The van der Waals surface area contributed by atoms with Crippen molar-refractivity contribution in [2.24, 2.45) is 0 Å². The van der Waals surface area contributed by atoms with Crippen LogP contribution in [0.5, 0.6) is 5.75 Å². The van der Waals surface area contributed by atoms with Crippen molar-refractivity contribution in [2.45, 2.75) is 0 Å². The van der Waals surface area contributed by atoms with Crippen molar-refractivity contribution in [1.29, 1.82) is 0 Å². The van der Waals surface area contributed by atoms with Crippen LogP contribution in [0.2, 0.25) is 0 Å². The quantitative estimate of drug-likeness (QED) is 0.422. The molecule has 0 fully saturated rings. The third-order valence-electron chi connectivity index (χ3n) is 2.22. The first-order valence-corrected chi connectivity index (χ1v) is 4.26. The minimum atomic E-state index is -0.499. The number of rotatable bonds is 1. The van der Waals surface area contributed by atoms with Crippen molar-refractivity contribution in [3.63, 3.8) is 0 Å². The van der Waals surface area contributed by atoms with E-state index < -0.39 is 4.92 Å². The minimum Gasteiger partial charge on any atom is -0.507 e. The maximum absolute atomic E-state index is 10.7. The fraction of sp³-hybridized carbons (Fsp3) is 0. The molecule has 0 spiro atoms. The molecule has 2 aromatic carbocycles. The Kier molecular flexibility index (Phi) is 1.93. The molecule has 0 bridgehead atoms. The molecule has 0 saturated heterocycles. The molecule has 0 heterocycles. The number of hydrogen-bond acceptors (Lipinski definition) is 4. The third-order valence-corrected chi connectivity index (χ3v) is 2.22. The van der Waals surface area contributed by atoms with Crippen LogP contribution in [0.25, 0.3) is 10.8 Å². The van der Waals surface area contributed by atoms with E-state index in [9.17, 15) is 15.2 Å². The van der Waals surface area contributed by atoms with E-state index in [4.69, 9.17) is 5.73 Å². The number of phenols is 1. The molecule has 0 aliphatic carbocycles. The Labute approximate surface area is 84.9 Å². The first-order valence-electron chi connectivity index (χ1n) is 4.26. The van der Waals surface area contributed by atoms with Gasteiger partial charge in [0.05, 0.1) is 15.7 Å². The number of nitrogens with zero attached hydrogens (tertiary/aromatic N) is 1. The zero-order valence-corrected chi connectivity index (χ0v) is 7.68. The summed E-state index contributed by atoms with van der Waals surface area (Å²) in [6, 6.07) is 7.30. The number of nitrogen functional groups attached to an aromatic ring is 1. The zero-order chi connectivity index (χ0) is 11.0. The first kappa shape index (κ1) is 9.26. The predicted molar refractivity (Wildman–Crippen MR) is 56.7 cm³/mol. The number of anilines is 1. The Balaban J connectivity index is 2.95. The second kappa shape index (κ2) is 3.13. The van der Waals surface area contributed by atoms with Crippen LogP contribution >= 0.6 is 0 Å². The lowest BCUT2D eigenvalue weighted by Gasteiger charge is -2.04. The summed E-state index contributed by atoms with van der Waals surface area (Å²) in [6.45, 7) is 0. The molecule has 0 unspecified atom stereocenters. The van der Waals surface area contributed by atoms with Gasteiger partial charge in [0.25, 0.3) is 5.69 Å². The highest BCUT2D eigenvalue weighted by molar-refractivity contribution is 6.02. The largest absolute Gasteiger partial charge is 0.507 e. The van der Waals surface area contributed by atoms with Gasteiger partial charge in [-0.3, -0.25) is 10.1 Å². The first-order chi connectivity index (χ1) is 7.11. The summed E-state index contributed by atoms with van der Waals surface area (Å²) in [5.74, 6) is -0.0475. The highest BCUT2D eigenvalue weighted by Gasteiger charge is 2.14. The summed E-state index contributed by atoms with van der Waals surface area (Å²) in [4.78, 5) is 10.2. The highest BCUT2D eigenvalue weighted by atomic mass is 16.6. The van der Waals surface area contributed by atoms with Crippen LogP contribution < -0.4 is 5.73 Å². The summed E-state index contributed by atoms with van der Waals surface area (Å²) in [5.41, 5.74) is 5.91.